The van der Waals surface area contributed by atoms with E-state index in [1.165, 1.54) is 19.9 Å². The molecule has 18 heavy (non-hydrogen) atoms. The van der Waals surface area contributed by atoms with E-state index in [-0.39, 0.29) is 4.90 Å². The van der Waals surface area contributed by atoms with Gasteiger partial charge in [-0.3, -0.25) is 4.79 Å². The van der Waals surface area contributed by atoms with E-state index in [1.54, 1.807) is 26.0 Å². The Morgan fingerprint density at radius 3 is 2.33 bits per heavy atom. The van der Waals surface area contributed by atoms with Gasteiger partial charge in [0.25, 0.3) is 0 Å². The van der Waals surface area contributed by atoms with Crippen molar-refractivity contribution in [2.45, 2.75) is 38.1 Å². The largest absolute Gasteiger partial charge is 0.480 e. The molecule has 5 nitrogen and oxygen atoms in total. The average molecular weight is 271 g/mol. The summed E-state index contributed by atoms with van der Waals surface area (Å²) in [5.41, 5.74) is -0.168. The van der Waals surface area contributed by atoms with Crippen molar-refractivity contribution in [2.75, 3.05) is 0 Å². The first kappa shape index (κ1) is 14.7. The Bertz CT molecular complexity index is 576. The number of aliphatic carboxylic acids is 1. The number of carbonyl (C=O) groups is 1. The molecule has 0 aromatic heterocycles. The molecule has 1 aromatic rings. The highest BCUT2D eigenvalue weighted by Gasteiger charge is 2.33. The standard InChI is InChI=1S/C12H17NO4S/c1-8-5-6-9(2)10(7-8)18(16,17)13-12(3,4)11(14)15/h5-7,13H,1-4H3,(H,14,15). The van der Waals surface area contributed by atoms with Crippen LogP contribution in [0.25, 0.3) is 0 Å². The summed E-state index contributed by atoms with van der Waals surface area (Å²) in [7, 11) is -3.85. The van der Waals surface area contributed by atoms with Gasteiger partial charge in [-0.05, 0) is 44.9 Å². The molecule has 6 heteroatoms. The van der Waals surface area contributed by atoms with Crippen LogP contribution in [0, 0.1) is 13.8 Å². The first-order chi connectivity index (χ1) is 8.06. The second-order valence-electron chi connectivity index (χ2n) is 4.80. The molecule has 1 rings (SSSR count). The highest BCUT2D eigenvalue weighted by atomic mass is 32.2. The molecule has 100 valence electrons. The van der Waals surface area contributed by atoms with Crippen molar-refractivity contribution in [1.82, 2.24) is 4.72 Å². The number of carboxylic acids is 1. The Labute approximate surface area is 107 Å². The number of sulfonamides is 1. The molecular formula is C12H17NO4S. The van der Waals surface area contributed by atoms with Crippen molar-refractivity contribution >= 4 is 16.0 Å². The molecule has 0 aliphatic rings. The highest BCUT2D eigenvalue weighted by molar-refractivity contribution is 7.89. The zero-order valence-electron chi connectivity index (χ0n) is 10.8. The van der Waals surface area contributed by atoms with E-state index in [1.807, 2.05) is 0 Å². The minimum atomic E-state index is -3.85. The predicted octanol–water partition coefficient (Wildman–Crippen LogP) is 1.44. The van der Waals surface area contributed by atoms with Gasteiger partial charge in [-0.15, -0.1) is 0 Å². The Balaban J connectivity index is 3.23. The number of carboxylic acid groups (broad SMARTS) is 1. The van der Waals surface area contributed by atoms with E-state index < -0.39 is 21.5 Å². The third kappa shape index (κ3) is 3.08. The molecule has 0 amide bonds. The predicted molar refractivity (Wildman–Crippen MR) is 68.0 cm³/mol. The van der Waals surface area contributed by atoms with E-state index in [0.29, 0.717) is 5.56 Å². The Hall–Kier alpha value is -1.40. The van der Waals surface area contributed by atoms with Gasteiger partial charge in [0.15, 0.2) is 0 Å². The molecule has 0 unspecified atom stereocenters. The van der Waals surface area contributed by atoms with E-state index in [0.717, 1.165) is 5.56 Å². The van der Waals surface area contributed by atoms with Crippen LogP contribution in [0.4, 0.5) is 0 Å². The normalized spacial score (nSPS) is 12.4. The molecule has 0 bridgehead atoms. The molecule has 0 atom stereocenters. The summed E-state index contributed by atoms with van der Waals surface area (Å²) in [6.45, 7) is 6.05. The van der Waals surface area contributed by atoms with Gasteiger partial charge in [0.2, 0.25) is 10.0 Å². The molecule has 0 saturated heterocycles. The fourth-order valence-corrected chi connectivity index (χ4v) is 3.13. The van der Waals surface area contributed by atoms with Gasteiger partial charge in [0, 0.05) is 0 Å². The van der Waals surface area contributed by atoms with Crippen molar-refractivity contribution in [3.63, 3.8) is 0 Å². The van der Waals surface area contributed by atoms with Crippen molar-refractivity contribution in [3.8, 4) is 0 Å². The summed E-state index contributed by atoms with van der Waals surface area (Å²) in [6.07, 6.45) is 0. The van der Waals surface area contributed by atoms with Crippen LogP contribution in [-0.2, 0) is 14.8 Å². The first-order valence-electron chi connectivity index (χ1n) is 5.41. The van der Waals surface area contributed by atoms with Crippen LogP contribution in [0.3, 0.4) is 0 Å². The third-order valence-corrected chi connectivity index (χ3v) is 4.36. The van der Waals surface area contributed by atoms with Crippen molar-refractivity contribution < 1.29 is 18.3 Å². The Morgan fingerprint density at radius 2 is 1.83 bits per heavy atom. The lowest BCUT2D eigenvalue weighted by Crippen LogP contribution is -2.49. The Kier molecular flexibility index (Phi) is 3.83. The number of aryl methyl sites for hydroxylation is 2. The lowest BCUT2D eigenvalue weighted by atomic mass is 10.1. The fraction of sp³-hybridized carbons (Fsp3) is 0.417. The van der Waals surface area contributed by atoms with Crippen LogP contribution in [0.1, 0.15) is 25.0 Å². The zero-order chi connectivity index (χ0) is 14.1. The summed E-state index contributed by atoms with van der Waals surface area (Å²) in [4.78, 5) is 11.1. The highest BCUT2D eigenvalue weighted by Crippen LogP contribution is 2.18. The number of nitrogens with one attached hydrogen (secondary N) is 1. The molecule has 1 aromatic carbocycles. The molecule has 2 N–H and O–H groups in total. The molecule has 0 spiro atoms. The fourth-order valence-electron chi connectivity index (χ4n) is 1.43. The molecule has 0 heterocycles. The quantitative estimate of drug-likeness (QED) is 0.868. The maximum Gasteiger partial charge on any atom is 0.324 e. The second kappa shape index (κ2) is 4.70. The summed E-state index contributed by atoms with van der Waals surface area (Å²) in [6, 6.07) is 5.02. The van der Waals surface area contributed by atoms with Crippen LogP contribution >= 0.6 is 0 Å². The van der Waals surface area contributed by atoms with Crippen molar-refractivity contribution in [2.24, 2.45) is 0 Å². The summed E-state index contributed by atoms with van der Waals surface area (Å²) in [5.74, 6) is -1.23. The lowest BCUT2D eigenvalue weighted by molar-refractivity contribution is -0.142. The summed E-state index contributed by atoms with van der Waals surface area (Å²) < 4.78 is 26.5. The van der Waals surface area contributed by atoms with E-state index in [4.69, 9.17) is 5.11 Å². The minimum Gasteiger partial charge on any atom is -0.480 e. The topological polar surface area (TPSA) is 83.5 Å². The lowest BCUT2D eigenvalue weighted by Gasteiger charge is -2.21. The number of benzene rings is 1. The van der Waals surface area contributed by atoms with Gasteiger partial charge >= 0.3 is 5.97 Å². The molecule has 0 saturated carbocycles. The monoisotopic (exact) mass is 271 g/mol. The summed E-state index contributed by atoms with van der Waals surface area (Å²) >= 11 is 0. The maximum absolute atomic E-state index is 12.2. The summed E-state index contributed by atoms with van der Waals surface area (Å²) in [5, 5.41) is 8.95. The SMILES string of the molecule is Cc1ccc(C)c(S(=O)(=O)NC(C)(C)C(=O)O)c1. The van der Waals surface area contributed by atoms with E-state index >= 15 is 0 Å². The molecule has 0 aliphatic heterocycles. The van der Waals surface area contributed by atoms with Crippen LogP contribution in [0.15, 0.2) is 23.1 Å². The number of rotatable bonds is 4. The van der Waals surface area contributed by atoms with Crippen molar-refractivity contribution in [3.05, 3.63) is 29.3 Å². The average Bonchev–Trinajstić information content (AvgIpc) is 2.19. The molecule has 0 radical (unpaired) electrons. The first-order valence-corrected chi connectivity index (χ1v) is 6.89. The van der Waals surface area contributed by atoms with Gasteiger partial charge in [-0.2, -0.15) is 4.72 Å². The number of hydrogen-bond donors (Lipinski definition) is 2. The van der Waals surface area contributed by atoms with Gasteiger partial charge in [0.1, 0.15) is 5.54 Å². The number of hydrogen-bond acceptors (Lipinski definition) is 3. The van der Waals surface area contributed by atoms with Gasteiger partial charge in [-0.1, -0.05) is 12.1 Å². The van der Waals surface area contributed by atoms with Gasteiger partial charge in [0.05, 0.1) is 4.90 Å². The van der Waals surface area contributed by atoms with Gasteiger partial charge in [-0.25, -0.2) is 8.42 Å². The Morgan fingerprint density at radius 1 is 1.28 bits per heavy atom. The van der Waals surface area contributed by atoms with Crippen LogP contribution in [-0.4, -0.2) is 25.0 Å². The van der Waals surface area contributed by atoms with E-state index in [9.17, 15) is 13.2 Å². The second-order valence-corrected chi connectivity index (χ2v) is 6.46. The van der Waals surface area contributed by atoms with Crippen LogP contribution < -0.4 is 4.72 Å². The molecular weight excluding hydrogens is 254 g/mol. The van der Waals surface area contributed by atoms with Crippen molar-refractivity contribution in [1.29, 1.82) is 0 Å². The maximum atomic E-state index is 12.2. The molecule has 0 fully saturated rings. The van der Waals surface area contributed by atoms with Crippen LogP contribution in [0.2, 0.25) is 0 Å². The van der Waals surface area contributed by atoms with E-state index in [2.05, 4.69) is 4.72 Å². The molecule has 0 aliphatic carbocycles. The minimum absolute atomic E-state index is 0.108. The third-order valence-electron chi connectivity index (χ3n) is 2.56. The van der Waals surface area contributed by atoms with Crippen LogP contribution in [0.5, 0.6) is 0 Å². The van der Waals surface area contributed by atoms with Gasteiger partial charge < -0.3 is 5.11 Å². The zero-order valence-corrected chi connectivity index (χ0v) is 11.6. The smallest absolute Gasteiger partial charge is 0.324 e.